The molecular weight excluding hydrogens is 307 g/mol. The van der Waals surface area contributed by atoms with Gasteiger partial charge in [0.1, 0.15) is 0 Å². The van der Waals surface area contributed by atoms with Crippen LogP contribution < -0.4 is 4.74 Å². The predicted molar refractivity (Wildman–Crippen MR) is 93.7 cm³/mol. The molecule has 0 unspecified atom stereocenters. The highest BCUT2D eigenvalue weighted by atomic mass is 19.1. The normalized spacial score (nSPS) is 11.5. The van der Waals surface area contributed by atoms with E-state index < -0.39 is 5.82 Å². The largest absolute Gasteiger partial charge is 0.505 e. The monoisotopic (exact) mass is 332 g/mol. The second-order valence-electron chi connectivity index (χ2n) is 6.41. The maximum Gasteiger partial charge on any atom is 0.213 e. The fourth-order valence-corrected chi connectivity index (χ4v) is 2.85. The van der Waals surface area contributed by atoms with E-state index >= 15 is 0 Å². The van der Waals surface area contributed by atoms with E-state index in [2.05, 4.69) is 37.6 Å². The van der Waals surface area contributed by atoms with Crippen LogP contribution in [-0.2, 0) is 6.54 Å². The summed E-state index contributed by atoms with van der Waals surface area (Å²) < 4.78 is 19.1. The number of halogens is 1. The second-order valence-corrected chi connectivity index (χ2v) is 6.41. The van der Waals surface area contributed by atoms with Crippen LogP contribution in [-0.4, -0.2) is 34.2 Å². The van der Waals surface area contributed by atoms with Crippen LogP contribution in [0.4, 0.5) is 4.39 Å². The summed E-state index contributed by atoms with van der Waals surface area (Å²) in [6.07, 6.45) is 1.63. The molecule has 0 saturated heterocycles. The molecule has 0 atom stereocenters. The first-order chi connectivity index (χ1) is 11.3. The minimum absolute atomic E-state index is 0.331. The standard InChI is InChI=1S/C19H25FN2O2/c1-12(2)22(13(3)4)11-15-8-18(23)17(20)10-16(15)14-6-7-21-19(9-14)24-5/h6-10,12-13,23H,11H2,1-5H3. The number of hydrogen-bond acceptors (Lipinski definition) is 4. The zero-order valence-corrected chi connectivity index (χ0v) is 14.9. The third-order valence-electron chi connectivity index (χ3n) is 4.11. The highest BCUT2D eigenvalue weighted by Gasteiger charge is 2.18. The molecule has 4 nitrogen and oxygen atoms in total. The fourth-order valence-electron chi connectivity index (χ4n) is 2.85. The summed E-state index contributed by atoms with van der Waals surface area (Å²) in [5.41, 5.74) is 2.41. The Morgan fingerprint density at radius 1 is 1.17 bits per heavy atom. The third-order valence-corrected chi connectivity index (χ3v) is 4.11. The van der Waals surface area contributed by atoms with Crippen molar-refractivity contribution in [3.63, 3.8) is 0 Å². The summed E-state index contributed by atoms with van der Waals surface area (Å²) in [5, 5.41) is 9.83. The molecule has 0 amide bonds. The lowest BCUT2D eigenvalue weighted by molar-refractivity contribution is 0.166. The smallest absolute Gasteiger partial charge is 0.213 e. The van der Waals surface area contributed by atoms with Gasteiger partial charge in [0.05, 0.1) is 7.11 Å². The van der Waals surface area contributed by atoms with E-state index in [1.165, 1.54) is 12.1 Å². The van der Waals surface area contributed by atoms with E-state index in [4.69, 9.17) is 4.74 Å². The Balaban J connectivity index is 2.52. The van der Waals surface area contributed by atoms with Crippen molar-refractivity contribution in [1.82, 2.24) is 9.88 Å². The summed E-state index contributed by atoms with van der Waals surface area (Å²) in [5.74, 6) is -0.496. The van der Waals surface area contributed by atoms with Crippen molar-refractivity contribution in [3.05, 3.63) is 41.8 Å². The maximum absolute atomic E-state index is 14.0. The average molecular weight is 332 g/mol. The molecule has 0 radical (unpaired) electrons. The number of hydrogen-bond donors (Lipinski definition) is 1. The van der Waals surface area contributed by atoms with Gasteiger partial charge in [0, 0.05) is 30.9 Å². The first kappa shape index (κ1) is 18.2. The van der Waals surface area contributed by atoms with Crippen molar-refractivity contribution in [2.45, 2.75) is 46.3 Å². The van der Waals surface area contributed by atoms with Crippen LogP contribution in [0.2, 0.25) is 0 Å². The number of aromatic nitrogens is 1. The lowest BCUT2D eigenvalue weighted by Crippen LogP contribution is -2.36. The molecule has 0 spiro atoms. The highest BCUT2D eigenvalue weighted by Crippen LogP contribution is 2.32. The number of benzene rings is 1. The van der Waals surface area contributed by atoms with Crippen LogP contribution in [0.1, 0.15) is 33.3 Å². The minimum atomic E-state index is -0.634. The molecule has 130 valence electrons. The Kier molecular flexibility index (Phi) is 5.78. The van der Waals surface area contributed by atoms with Gasteiger partial charge < -0.3 is 9.84 Å². The van der Waals surface area contributed by atoms with Gasteiger partial charge in [0.25, 0.3) is 0 Å². The second kappa shape index (κ2) is 7.62. The van der Waals surface area contributed by atoms with Crippen molar-refractivity contribution in [2.75, 3.05) is 7.11 Å². The van der Waals surface area contributed by atoms with Gasteiger partial charge in [-0.1, -0.05) is 0 Å². The van der Waals surface area contributed by atoms with E-state index in [9.17, 15) is 9.50 Å². The molecule has 2 rings (SSSR count). The van der Waals surface area contributed by atoms with Crippen molar-refractivity contribution in [1.29, 1.82) is 0 Å². The molecule has 1 N–H and O–H groups in total. The van der Waals surface area contributed by atoms with Gasteiger partial charge in [-0.05, 0) is 62.6 Å². The van der Waals surface area contributed by atoms with Crippen LogP contribution >= 0.6 is 0 Å². The number of nitrogens with zero attached hydrogens (tertiary/aromatic N) is 2. The van der Waals surface area contributed by atoms with Gasteiger partial charge in [-0.3, -0.25) is 4.90 Å². The number of phenols is 1. The molecule has 0 aliphatic carbocycles. The van der Waals surface area contributed by atoms with E-state index in [0.29, 0.717) is 24.5 Å². The molecule has 5 heteroatoms. The molecule has 0 bridgehead atoms. The molecule has 24 heavy (non-hydrogen) atoms. The summed E-state index contributed by atoms with van der Waals surface area (Å²) in [6, 6.07) is 7.12. The van der Waals surface area contributed by atoms with Gasteiger partial charge >= 0.3 is 0 Å². The van der Waals surface area contributed by atoms with Gasteiger partial charge in [-0.2, -0.15) is 0 Å². The zero-order valence-electron chi connectivity index (χ0n) is 14.9. The van der Waals surface area contributed by atoms with Crippen LogP contribution in [0.3, 0.4) is 0 Å². The number of ether oxygens (including phenoxy) is 1. The first-order valence-electron chi connectivity index (χ1n) is 8.11. The summed E-state index contributed by atoms with van der Waals surface area (Å²) >= 11 is 0. The fraction of sp³-hybridized carbons (Fsp3) is 0.421. The van der Waals surface area contributed by atoms with Gasteiger partial charge in [0.2, 0.25) is 5.88 Å². The molecule has 1 aromatic heterocycles. The van der Waals surface area contributed by atoms with Crippen LogP contribution in [0.15, 0.2) is 30.5 Å². The third kappa shape index (κ3) is 4.03. The lowest BCUT2D eigenvalue weighted by atomic mass is 9.98. The molecule has 1 heterocycles. The van der Waals surface area contributed by atoms with E-state index in [1.807, 2.05) is 6.07 Å². The van der Waals surface area contributed by atoms with Crippen molar-refractivity contribution in [2.24, 2.45) is 0 Å². The average Bonchev–Trinajstić information content (AvgIpc) is 2.54. The van der Waals surface area contributed by atoms with E-state index in [0.717, 1.165) is 16.7 Å². The molecule has 0 aliphatic rings. The van der Waals surface area contributed by atoms with Crippen LogP contribution in [0, 0.1) is 5.82 Å². The van der Waals surface area contributed by atoms with E-state index in [-0.39, 0.29) is 5.75 Å². The van der Waals surface area contributed by atoms with Crippen molar-refractivity contribution >= 4 is 0 Å². The predicted octanol–water partition coefficient (Wildman–Crippen LogP) is 4.22. The first-order valence-corrected chi connectivity index (χ1v) is 8.11. The summed E-state index contributed by atoms with van der Waals surface area (Å²) in [7, 11) is 1.55. The molecule has 0 fully saturated rings. The Hall–Kier alpha value is -2.14. The van der Waals surface area contributed by atoms with Crippen LogP contribution in [0.5, 0.6) is 11.6 Å². The minimum Gasteiger partial charge on any atom is -0.505 e. The topological polar surface area (TPSA) is 45.6 Å². The molecule has 0 aliphatic heterocycles. The van der Waals surface area contributed by atoms with Crippen molar-refractivity contribution in [3.8, 4) is 22.8 Å². The Morgan fingerprint density at radius 3 is 2.42 bits per heavy atom. The molecule has 2 aromatic rings. The molecule has 0 saturated carbocycles. The molecule has 1 aromatic carbocycles. The molecular formula is C19H25FN2O2. The Bertz CT molecular complexity index is 694. The van der Waals surface area contributed by atoms with E-state index in [1.54, 1.807) is 19.4 Å². The number of phenolic OH excluding ortho intramolecular Hbond substituents is 1. The number of pyridine rings is 1. The SMILES string of the molecule is COc1cc(-c2cc(F)c(O)cc2CN(C(C)C)C(C)C)ccn1. The number of aromatic hydroxyl groups is 1. The lowest BCUT2D eigenvalue weighted by Gasteiger charge is -2.31. The van der Waals surface area contributed by atoms with Gasteiger partial charge in [-0.25, -0.2) is 9.37 Å². The summed E-state index contributed by atoms with van der Waals surface area (Å²) in [4.78, 5) is 6.38. The van der Waals surface area contributed by atoms with Gasteiger partial charge in [0.15, 0.2) is 11.6 Å². The highest BCUT2D eigenvalue weighted by molar-refractivity contribution is 5.69. The number of rotatable bonds is 6. The zero-order chi connectivity index (χ0) is 17.9. The van der Waals surface area contributed by atoms with Gasteiger partial charge in [-0.15, -0.1) is 0 Å². The Labute approximate surface area is 142 Å². The Morgan fingerprint density at radius 2 is 1.83 bits per heavy atom. The summed E-state index contributed by atoms with van der Waals surface area (Å²) in [6.45, 7) is 9.11. The van der Waals surface area contributed by atoms with Crippen molar-refractivity contribution < 1.29 is 14.2 Å². The maximum atomic E-state index is 14.0. The van der Waals surface area contributed by atoms with Crippen LogP contribution in [0.25, 0.3) is 11.1 Å². The quantitative estimate of drug-likeness (QED) is 0.860. The number of methoxy groups -OCH3 is 1.